The molecule has 0 aromatic heterocycles. The van der Waals surface area contributed by atoms with E-state index < -0.39 is 0 Å². The Hall–Kier alpha value is -1.04. The van der Waals surface area contributed by atoms with Crippen molar-refractivity contribution in [1.29, 1.82) is 0 Å². The van der Waals surface area contributed by atoms with E-state index in [2.05, 4.69) is 11.8 Å². The highest BCUT2D eigenvalue weighted by molar-refractivity contribution is 6.32. The third-order valence-electron chi connectivity index (χ3n) is 1.81. The summed E-state index contributed by atoms with van der Waals surface area (Å²) < 4.78 is 13.0. The van der Waals surface area contributed by atoms with Crippen molar-refractivity contribution in [2.45, 2.75) is 13.3 Å². The van der Waals surface area contributed by atoms with Crippen LogP contribution in [0.3, 0.4) is 0 Å². The van der Waals surface area contributed by atoms with Crippen molar-refractivity contribution in [1.82, 2.24) is 0 Å². The summed E-state index contributed by atoms with van der Waals surface area (Å²) >= 11 is 5.90. The van der Waals surface area contributed by atoms with Crippen LogP contribution in [0.4, 0.5) is 4.39 Å². The van der Waals surface area contributed by atoms with E-state index in [4.69, 9.17) is 17.3 Å². The molecule has 74 valence electrons. The average Bonchev–Trinajstić information content (AvgIpc) is 2.18. The summed E-state index contributed by atoms with van der Waals surface area (Å²) in [4.78, 5) is 0. The second-order valence-corrected chi connectivity index (χ2v) is 3.25. The third kappa shape index (κ3) is 2.47. The van der Waals surface area contributed by atoms with Crippen molar-refractivity contribution in [2.75, 3.05) is 6.54 Å². The van der Waals surface area contributed by atoms with Crippen molar-refractivity contribution < 1.29 is 4.39 Å². The van der Waals surface area contributed by atoms with Gasteiger partial charge in [-0.2, -0.15) is 0 Å². The first kappa shape index (κ1) is 11.0. The van der Waals surface area contributed by atoms with Crippen LogP contribution in [-0.4, -0.2) is 6.54 Å². The van der Waals surface area contributed by atoms with Crippen LogP contribution in [0.1, 0.15) is 17.5 Å². The zero-order valence-corrected chi connectivity index (χ0v) is 8.66. The molecule has 14 heavy (non-hydrogen) atoms. The largest absolute Gasteiger partial charge is 0.330 e. The van der Waals surface area contributed by atoms with Gasteiger partial charge in [0.1, 0.15) is 5.82 Å². The Balaban J connectivity index is 3.02. The molecule has 0 amide bonds. The predicted octanol–water partition coefficient (Wildman–Crippen LogP) is 2.49. The van der Waals surface area contributed by atoms with Gasteiger partial charge in [-0.05, 0) is 19.1 Å². The molecule has 0 unspecified atom stereocenters. The quantitative estimate of drug-likeness (QED) is 0.710. The normalized spacial score (nSPS) is 9.43. The molecule has 0 aliphatic carbocycles. The van der Waals surface area contributed by atoms with Crippen molar-refractivity contribution in [2.24, 2.45) is 5.73 Å². The predicted molar refractivity (Wildman–Crippen MR) is 56.7 cm³/mol. The molecule has 0 aliphatic rings. The molecule has 0 saturated carbocycles. The lowest BCUT2D eigenvalue weighted by Crippen LogP contribution is -1.95. The molecule has 1 aromatic rings. The third-order valence-corrected chi connectivity index (χ3v) is 2.30. The van der Waals surface area contributed by atoms with Gasteiger partial charge >= 0.3 is 0 Å². The second kappa shape index (κ2) is 4.99. The maximum atomic E-state index is 13.0. The molecule has 0 atom stereocenters. The molecule has 2 N–H and O–H groups in total. The summed E-state index contributed by atoms with van der Waals surface area (Å²) in [6, 6.07) is 2.95. The molecule has 0 spiro atoms. The van der Waals surface area contributed by atoms with E-state index in [9.17, 15) is 4.39 Å². The Morgan fingerprint density at radius 3 is 2.86 bits per heavy atom. The molecule has 0 fully saturated rings. The highest BCUT2D eigenvalue weighted by Crippen LogP contribution is 2.22. The summed E-state index contributed by atoms with van der Waals surface area (Å²) in [7, 11) is 0. The molecule has 0 heterocycles. The number of hydrogen-bond donors (Lipinski definition) is 1. The van der Waals surface area contributed by atoms with Crippen molar-refractivity contribution in [3.8, 4) is 11.8 Å². The van der Waals surface area contributed by atoms with Gasteiger partial charge in [-0.3, -0.25) is 0 Å². The lowest BCUT2D eigenvalue weighted by atomic mass is 10.1. The first-order chi connectivity index (χ1) is 6.66. The fourth-order valence-electron chi connectivity index (χ4n) is 0.988. The molecule has 0 aliphatic heterocycles. The molecule has 1 nitrogen and oxygen atoms in total. The SMILES string of the molecule is Cc1c(F)ccc(C#CCCN)c1Cl. The number of nitrogens with two attached hydrogens (primary N) is 1. The minimum atomic E-state index is -0.306. The summed E-state index contributed by atoms with van der Waals surface area (Å²) in [5, 5.41) is 0.384. The van der Waals surface area contributed by atoms with Gasteiger partial charge in [0.2, 0.25) is 0 Å². The zero-order valence-electron chi connectivity index (χ0n) is 7.90. The van der Waals surface area contributed by atoms with Crippen LogP contribution in [0.5, 0.6) is 0 Å². The molecule has 1 aromatic carbocycles. The van der Waals surface area contributed by atoms with Crippen molar-refractivity contribution >= 4 is 11.6 Å². The fourth-order valence-corrected chi connectivity index (χ4v) is 1.19. The van der Waals surface area contributed by atoms with E-state index in [1.165, 1.54) is 6.07 Å². The average molecular weight is 212 g/mol. The van der Waals surface area contributed by atoms with E-state index in [1.54, 1.807) is 13.0 Å². The molecule has 0 radical (unpaired) electrons. The van der Waals surface area contributed by atoms with E-state index in [1.807, 2.05) is 0 Å². The van der Waals surface area contributed by atoms with Gasteiger partial charge in [-0.15, -0.1) is 0 Å². The van der Waals surface area contributed by atoms with Crippen molar-refractivity contribution in [3.63, 3.8) is 0 Å². The lowest BCUT2D eigenvalue weighted by molar-refractivity contribution is 0.618. The van der Waals surface area contributed by atoms with E-state index in [0.29, 0.717) is 29.1 Å². The van der Waals surface area contributed by atoms with Crippen LogP contribution in [-0.2, 0) is 0 Å². The van der Waals surface area contributed by atoms with E-state index in [0.717, 1.165) is 0 Å². The molecule has 1 rings (SSSR count). The molecular formula is C11H11ClFN. The van der Waals surface area contributed by atoms with E-state index >= 15 is 0 Å². The molecule has 3 heteroatoms. The Morgan fingerprint density at radius 1 is 1.50 bits per heavy atom. The standard InChI is InChI=1S/C11H11ClFN/c1-8-10(13)6-5-9(11(8)12)4-2-3-7-14/h5-6H,3,7,14H2,1H3. The minimum Gasteiger partial charge on any atom is -0.330 e. The molecule has 0 bridgehead atoms. The number of benzene rings is 1. The lowest BCUT2D eigenvalue weighted by Gasteiger charge is -2.01. The van der Waals surface area contributed by atoms with Gasteiger partial charge in [-0.1, -0.05) is 23.4 Å². The Kier molecular flexibility index (Phi) is 3.94. The summed E-state index contributed by atoms with van der Waals surface area (Å²) in [6.07, 6.45) is 0.618. The van der Waals surface area contributed by atoms with Crippen LogP contribution in [0, 0.1) is 24.6 Å². The van der Waals surface area contributed by atoms with Gasteiger partial charge in [0.25, 0.3) is 0 Å². The maximum Gasteiger partial charge on any atom is 0.127 e. The van der Waals surface area contributed by atoms with Crippen molar-refractivity contribution in [3.05, 3.63) is 34.1 Å². The summed E-state index contributed by atoms with van der Waals surface area (Å²) in [5.41, 5.74) is 6.38. The van der Waals surface area contributed by atoms with Crippen LogP contribution in [0.15, 0.2) is 12.1 Å². The van der Waals surface area contributed by atoms with Gasteiger partial charge < -0.3 is 5.73 Å². The van der Waals surface area contributed by atoms with Gasteiger partial charge in [0.15, 0.2) is 0 Å². The highest BCUT2D eigenvalue weighted by atomic mass is 35.5. The van der Waals surface area contributed by atoms with Crippen LogP contribution in [0.25, 0.3) is 0 Å². The number of hydrogen-bond acceptors (Lipinski definition) is 1. The monoisotopic (exact) mass is 211 g/mol. The van der Waals surface area contributed by atoms with Gasteiger partial charge in [-0.25, -0.2) is 4.39 Å². The second-order valence-electron chi connectivity index (χ2n) is 2.87. The Bertz CT molecular complexity index is 390. The van der Waals surface area contributed by atoms with Gasteiger partial charge in [0.05, 0.1) is 5.02 Å². The van der Waals surface area contributed by atoms with Crippen LogP contribution < -0.4 is 5.73 Å². The van der Waals surface area contributed by atoms with Gasteiger partial charge in [0, 0.05) is 24.1 Å². The van der Waals surface area contributed by atoms with Crippen LogP contribution >= 0.6 is 11.6 Å². The Morgan fingerprint density at radius 2 is 2.21 bits per heavy atom. The fraction of sp³-hybridized carbons (Fsp3) is 0.273. The van der Waals surface area contributed by atoms with E-state index in [-0.39, 0.29) is 5.82 Å². The first-order valence-corrected chi connectivity index (χ1v) is 4.68. The molecule has 0 saturated heterocycles. The zero-order chi connectivity index (χ0) is 10.6. The number of rotatable bonds is 1. The topological polar surface area (TPSA) is 26.0 Å². The Labute approximate surface area is 88.1 Å². The smallest absolute Gasteiger partial charge is 0.127 e. The number of halogens is 2. The summed E-state index contributed by atoms with van der Waals surface area (Å²) in [6.45, 7) is 2.15. The summed E-state index contributed by atoms with van der Waals surface area (Å²) in [5.74, 6) is 5.40. The minimum absolute atomic E-state index is 0.306. The molecular weight excluding hydrogens is 201 g/mol. The maximum absolute atomic E-state index is 13.0. The van der Waals surface area contributed by atoms with Crippen LogP contribution in [0.2, 0.25) is 5.02 Å². The first-order valence-electron chi connectivity index (χ1n) is 4.30. The highest BCUT2D eigenvalue weighted by Gasteiger charge is 2.05.